The second kappa shape index (κ2) is 10.1. The molecule has 0 radical (unpaired) electrons. The topological polar surface area (TPSA) is 122 Å². The lowest BCUT2D eigenvalue weighted by Crippen LogP contribution is -2.38. The number of nitrogens with zero attached hydrogens (tertiary/aromatic N) is 2. The maximum atomic E-state index is 13.0. The second-order valence-electron chi connectivity index (χ2n) is 8.89. The van der Waals surface area contributed by atoms with Crippen LogP contribution in [0.5, 0.6) is 5.88 Å². The highest BCUT2D eigenvalue weighted by Crippen LogP contribution is 2.35. The minimum absolute atomic E-state index is 0.128. The quantitative estimate of drug-likeness (QED) is 0.421. The predicted molar refractivity (Wildman–Crippen MR) is 141 cm³/mol. The van der Waals surface area contributed by atoms with Gasteiger partial charge in [-0.2, -0.15) is 0 Å². The summed E-state index contributed by atoms with van der Waals surface area (Å²) in [5.74, 6) is 0.924. The van der Waals surface area contributed by atoms with Gasteiger partial charge in [0.15, 0.2) is 0 Å². The number of benzene rings is 1. The number of hydrogen-bond donors (Lipinski definition) is 3. The number of aromatic nitrogens is 2. The van der Waals surface area contributed by atoms with Crippen molar-refractivity contribution in [1.82, 2.24) is 14.7 Å². The first kappa shape index (κ1) is 24.5. The molecule has 0 spiro atoms. The Morgan fingerprint density at radius 1 is 1.17 bits per heavy atom. The third-order valence-corrected chi connectivity index (χ3v) is 9.09. The van der Waals surface area contributed by atoms with E-state index in [4.69, 9.17) is 4.74 Å². The summed E-state index contributed by atoms with van der Waals surface area (Å²) >= 11 is 1.40. The van der Waals surface area contributed by atoms with Crippen LogP contribution in [-0.4, -0.2) is 43.2 Å². The molecule has 0 unspecified atom stereocenters. The number of carbonyl (C=O) groups is 1. The smallest absolute Gasteiger partial charge is 0.240 e. The lowest BCUT2D eigenvalue weighted by Gasteiger charge is -2.30. The standard InChI is InChI=1S/C25H27N5O4S2/c1-15(27-20-11-12-26-19-8-10-24(34-2)29-25(19)20)16-3-5-17(6-4-16)30-36(32,33)18-7-9-22-21(13-18)28-23(31)14-35-22/h7-13,16-17,30H,1,3-6,14H2,2H3,(H,26,27)(H,28,31). The molecule has 2 aliphatic rings. The summed E-state index contributed by atoms with van der Waals surface area (Å²) in [4.78, 5) is 21.6. The molecule has 5 rings (SSSR count). The van der Waals surface area contributed by atoms with Crippen molar-refractivity contribution in [2.45, 2.75) is 41.5 Å². The molecule has 3 aromatic rings. The summed E-state index contributed by atoms with van der Waals surface area (Å²) in [6.45, 7) is 4.25. The highest BCUT2D eigenvalue weighted by atomic mass is 32.2. The zero-order chi connectivity index (χ0) is 25.3. The largest absolute Gasteiger partial charge is 0.481 e. The Balaban J connectivity index is 1.21. The van der Waals surface area contributed by atoms with Gasteiger partial charge in [-0.25, -0.2) is 18.1 Å². The number of amides is 1. The lowest BCUT2D eigenvalue weighted by atomic mass is 9.84. The lowest BCUT2D eigenvalue weighted by molar-refractivity contribution is -0.113. The van der Waals surface area contributed by atoms with E-state index >= 15 is 0 Å². The van der Waals surface area contributed by atoms with Gasteiger partial charge in [-0.3, -0.25) is 9.78 Å². The van der Waals surface area contributed by atoms with E-state index in [0.29, 0.717) is 35.7 Å². The van der Waals surface area contributed by atoms with Gasteiger partial charge in [0.05, 0.1) is 34.6 Å². The van der Waals surface area contributed by atoms with E-state index in [1.54, 1.807) is 31.5 Å². The highest BCUT2D eigenvalue weighted by molar-refractivity contribution is 8.00. The minimum Gasteiger partial charge on any atom is -0.481 e. The van der Waals surface area contributed by atoms with Crippen molar-refractivity contribution in [3.8, 4) is 5.88 Å². The van der Waals surface area contributed by atoms with Crippen LogP contribution in [0.2, 0.25) is 0 Å². The van der Waals surface area contributed by atoms with Crippen molar-refractivity contribution >= 4 is 50.1 Å². The van der Waals surface area contributed by atoms with Crippen LogP contribution in [0, 0.1) is 5.92 Å². The molecule has 1 amide bonds. The molecule has 1 aliphatic carbocycles. The van der Waals surface area contributed by atoms with E-state index in [0.717, 1.165) is 34.6 Å². The Morgan fingerprint density at radius 2 is 1.97 bits per heavy atom. The first-order chi connectivity index (χ1) is 17.3. The van der Waals surface area contributed by atoms with E-state index in [2.05, 4.69) is 31.9 Å². The van der Waals surface area contributed by atoms with Crippen LogP contribution in [0.3, 0.4) is 0 Å². The average Bonchev–Trinajstić information content (AvgIpc) is 2.88. The molecule has 3 N–H and O–H groups in total. The molecule has 2 aromatic heterocycles. The van der Waals surface area contributed by atoms with Crippen LogP contribution in [0.15, 0.2) is 64.7 Å². The molecule has 3 heterocycles. The molecular formula is C25H27N5O4S2. The van der Waals surface area contributed by atoms with E-state index in [1.165, 1.54) is 17.8 Å². The zero-order valence-corrected chi connectivity index (χ0v) is 21.4. The number of rotatable bonds is 7. The van der Waals surface area contributed by atoms with Gasteiger partial charge in [-0.1, -0.05) is 6.58 Å². The van der Waals surface area contributed by atoms with Crippen molar-refractivity contribution in [2.24, 2.45) is 5.92 Å². The molecule has 9 nitrogen and oxygen atoms in total. The maximum Gasteiger partial charge on any atom is 0.240 e. The highest BCUT2D eigenvalue weighted by Gasteiger charge is 2.28. The zero-order valence-electron chi connectivity index (χ0n) is 19.8. The fourth-order valence-electron chi connectivity index (χ4n) is 4.57. The van der Waals surface area contributed by atoms with Gasteiger partial charge in [0.1, 0.15) is 5.52 Å². The van der Waals surface area contributed by atoms with Crippen molar-refractivity contribution in [1.29, 1.82) is 0 Å². The number of fused-ring (bicyclic) bond motifs is 2. The Labute approximate surface area is 214 Å². The van der Waals surface area contributed by atoms with Crippen molar-refractivity contribution in [3.05, 3.63) is 54.9 Å². The second-order valence-corrected chi connectivity index (χ2v) is 11.6. The van der Waals surface area contributed by atoms with E-state index in [-0.39, 0.29) is 22.8 Å². The number of carbonyl (C=O) groups excluding carboxylic acids is 1. The molecule has 1 saturated carbocycles. The minimum atomic E-state index is -3.70. The van der Waals surface area contributed by atoms with Gasteiger partial charge in [-0.05, 0) is 61.9 Å². The number of nitrogens with one attached hydrogen (secondary N) is 3. The molecule has 11 heteroatoms. The van der Waals surface area contributed by atoms with Gasteiger partial charge in [0, 0.05) is 28.9 Å². The summed E-state index contributed by atoms with van der Waals surface area (Å²) < 4.78 is 34.1. The first-order valence-electron chi connectivity index (χ1n) is 11.7. The Bertz CT molecular complexity index is 1440. The number of thioether (sulfide) groups is 1. The Kier molecular flexibility index (Phi) is 6.87. The molecule has 36 heavy (non-hydrogen) atoms. The number of allylic oxidation sites excluding steroid dienone is 1. The number of ether oxygens (including phenoxy) is 1. The van der Waals surface area contributed by atoms with Gasteiger partial charge in [0.25, 0.3) is 0 Å². The van der Waals surface area contributed by atoms with Crippen LogP contribution >= 0.6 is 11.8 Å². The number of pyridine rings is 2. The Morgan fingerprint density at radius 3 is 2.75 bits per heavy atom. The molecule has 188 valence electrons. The SMILES string of the molecule is C=C(Nc1ccnc2ccc(OC)nc12)C1CCC(NS(=O)(=O)c2ccc3c(c2)NC(=O)CS3)CC1. The predicted octanol–water partition coefficient (Wildman–Crippen LogP) is 4.15. The van der Waals surface area contributed by atoms with Gasteiger partial charge < -0.3 is 15.4 Å². The fourth-order valence-corrected chi connectivity index (χ4v) is 6.69. The fraction of sp³-hybridized carbons (Fsp3) is 0.320. The number of sulfonamides is 1. The van der Waals surface area contributed by atoms with Gasteiger partial charge in [0.2, 0.25) is 21.8 Å². The van der Waals surface area contributed by atoms with Crippen LogP contribution in [-0.2, 0) is 14.8 Å². The number of anilines is 2. The van der Waals surface area contributed by atoms with Gasteiger partial charge in [-0.15, -0.1) is 11.8 Å². The molecule has 0 atom stereocenters. The Hall–Kier alpha value is -3.15. The van der Waals surface area contributed by atoms with Crippen LogP contribution in [0.4, 0.5) is 11.4 Å². The van der Waals surface area contributed by atoms with Crippen LogP contribution < -0.4 is 20.1 Å². The first-order valence-corrected chi connectivity index (χ1v) is 14.1. The summed E-state index contributed by atoms with van der Waals surface area (Å²) in [5.41, 5.74) is 3.69. The normalized spacial score (nSPS) is 19.9. The van der Waals surface area contributed by atoms with Crippen LogP contribution in [0.1, 0.15) is 25.7 Å². The third-order valence-electron chi connectivity index (χ3n) is 6.50. The van der Waals surface area contributed by atoms with Crippen molar-refractivity contribution in [2.75, 3.05) is 23.5 Å². The van der Waals surface area contributed by atoms with Crippen molar-refractivity contribution < 1.29 is 17.9 Å². The van der Waals surface area contributed by atoms with E-state index < -0.39 is 10.0 Å². The summed E-state index contributed by atoms with van der Waals surface area (Å²) in [7, 11) is -2.13. The molecule has 0 bridgehead atoms. The number of methoxy groups -OCH3 is 1. The molecule has 1 aliphatic heterocycles. The third kappa shape index (κ3) is 5.18. The maximum absolute atomic E-state index is 13.0. The summed E-state index contributed by atoms with van der Waals surface area (Å²) in [6, 6.07) is 10.2. The molecule has 1 fully saturated rings. The molecule has 0 saturated heterocycles. The van der Waals surface area contributed by atoms with E-state index in [1.807, 2.05) is 12.1 Å². The summed E-state index contributed by atoms with van der Waals surface area (Å²) in [5, 5.41) is 6.15. The van der Waals surface area contributed by atoms with E-state index in [9.17, 15) is 13.2 Å². The molecular weight excluding hydrogens is 498 g/mol. The monoisotopic (exact) mass is 525 g/mol. The van der Waals surface area contributed by atoms with Crippen molar-refractivity contribution in [3.63, 3.8) is 0 Å². The molecule has 1 aromatic carbocycles. The van der Waals surface area contributed by atoms with Crippen LogP contribution in [0.25, 0.3) is 11.0 Å². The number of hydrogen-bond acceptors (Lipinski definition) is 8. The average molecular weight is 526 g/mol. The van der Waals surface area contributed by atoms with Gasteiger partial charge >= 0.3 is 0 Å². The summed E-state index contributed by atoms with van der Waals surface area (Å²) in [6.07, 6.45) is 4.73.